The molecule has 2 rings (SSSR count). The lowest BCUT2D eigenvalue weighted by molar-refractivity contribution is 0.431. The summed E-state index contributed by atoms with van der Waals surface area (Å²) in [7, 11) is 0. The Morgan fingerprint density at radius 1 is 1.24 bits per heavy atom. The van der Waals surface area contributed by atoms with E-state index in [9.17, 15) is 13.2 Å². The summed E-state index contributed by atoms with van der Waals surface area (Å²) in [4.78, 5) is 3.76. The average Bonchev–Trinajstić information content (AvgIpc) is 2.84. The standard InChI is InChI=1S/C9H8F3N5/c10-5-2-1-4(6(11)7(5)12)8(16-13)9-14-3-15-17-9/h1-3,8,16H,13H2,(H,14,15,17). The number of nitrogens with two attached hydrogens (primary N) is 1. The molecule has 90 valence electrons. The minimum Gasteiger partial charge on any atom is -0.270 e. The van der Waals surface area contributed by atoms with E-state index in [0.717, 1.165) is 12.1 Å². The molecule has 2 aromatic rings. The van der Waals surface area contributed by atoms with Gasteiger partial charge in [0.1, 0.15) is 18.2 Å². The van der Waals surface area contributed by atoms with Gasteiger partial charge in [-0.3, -0.25) is 10.9 Å². The van der Waals surface area contributed by atoms with E-state index >= 15 is 0 Å². The number of hydrogen-bond donors (Lipinski definition) is 3. The normalized spacial score (nSPS) is 12.7. The molecular weight excluding hydrogens is 235 g/mol. The van der Waals surface area contributed by atoms with Crippen LogP contribution in [0, 0.1) is 17.5 Å². The van der Waals surface area contributed by atoms with Crippen LogP contribution in [-0.4, -0.2) is 15.2 Å². The molecule has 0 aliphatic rings. The SMILES string of the molecule is NNC(c1ncn[nH]1)c1ccc(F)c(F)c1F. The lowest BCUT2D eigenvalue weighted by Gasteiger charge is -2.14. The van der Waals surface area contributed by atoms with E-state index in [-0.39, 0.29) is 11.4 Å². The van der Waals surface area contributed by atoms with Crippen molar-refractivity contribution < 1.29 is 13.2 Å². The quantitative estimate of drug-likeness (QED) is 0.422. The molecule has 1 heterocycles. The second-order valence-electron chi connectivity index (χ2n) is 3.23. The summed E-state index contributed by atoms with van der Waals surface area (Å²) in [5.74, 6) is 1.29. The van der Waals surface area contributed by atoms with Gasteiger partial charge in [-0.15, -0.1) is 0 Å². The second kappa shape index (κ2) is 4.52. The van der Waals surface area contributed by atoms with Crippen molar-refractivity contribution in [3.8, 4) is 0 Å². The van der Waals surface area contributed by atoms with Crippen LogP contribution in [0.2, 0.25) is 0 Å². The highest BCUT2D eigenvalue weighted by atomic mass is 19.2. The van der Waals surface area contributed by atoms with Gasteiger partial charge < -0.3 is 0 Å². The van der Waals surface area contributed by atoms with Crippen LogP contribution in [0.1, 0.15) is 17.4 Å². The summed E-state index contributed by atoms with van der Waals surface area (Å²) in [6.07, 6.45) is 1.19. The fourth-order valence-corrected chi connectivity index (χ4v) is 1.43. The summed E-state index contributed by atoms with van der Waals surface area (Å²) in [5.41, 5.74) is 2.08. The predicted octanol–water partition coefficient (Wildman–Crippen LogP) is 0.775. The van der Waals surface area contributed by atoms with Gasteiger partial charge in [-0.05, 0) is 6.07 Å². The fourth-order valence-electron chi connectivity index (χ4n) is 1.43. The summed E-state index contributed by atoms with van der Waals surface area (Å²) < 4.78 is 39.4. The number of hydrazine groups is 1. The molecule has 1 unspecified atom stereocenters. The highest BCUT2D eigenvalue weighted by Crippen LogP contribution is 2.23. The van der Waals surface area contributed by atoms with Gasteiger partial charge in [-0.25, -0.2) is 23.6 Å². The monoisotopic (exact) mass is 243 g/mol. The third-order valence-electron chi connectivity index (χ3n) is 2.25. The lowest BCUT2D eigenvalue weighted by atomic mass is 10.1. The maximum Gasteiger partial charge on any atom is 0.194 e. The van der Waals surface area contributed by atoms with Gasteiger partial charge >= 0.3 is 0 Å². The van der Waals surface area contributed by atoms with Gasteiger partial charge in [0.2, 0.25) is 0 Å². The zero-order chi connectivity index (χ0) is 12.4. The van der Waals surface area contributed by atoms with E-state index in [1.807, 2.05) is 0 Å². The third-order valence-corrected chi connectivity index (χ3v) is 2.25. The van der Waals surface area contributed by atoms with Gasteiger partial charge in [-0.1, -0.05) is 6.07 Å². The number of aromatic nitrogens is 3. The van der Waals surface area contributed by atoms with Crippen LogP contribution in [0.5, 0.6) is 0 Å². The molecule has 0 aliphatic heterocycles. The Hall–Kier alpha value is -1.93. The summed E-state index contributed by atoms with van der Waals surface area (Å²) in [6, 6.07) is 0.961. The van der Waals surface area contributed by atoms with Crippen LogP contribution in [-0.2, 0) is 0 Å². The molecule has 0 saturated heterocycles. The molecule has 0 radical (unpaired) electrons. The maximum absolute atomic E-state index is 13.5. The Balaban J connectivity index is 2.49. The number of benzene rings is 1. The van der Waals surface area contributed by atoms with E-state index in [1.165, 1.54) is 6.33 Å². The zero-order valence-electron chi connectivity index (χ0n) is 8.42. The molecule has 1 atom stereocenters. The minimum atomic E-state index is -1.55. The van der Waals surface area contributed by atoms with Crippen LogP contribution in [0.4, 0.5) is 13.2 Å². The van der Waals surface area contributed by atoms with E-state index in [4.69, 9.17) is 5.84 Å². The molecule has 0 bridgehead atoms. The predicted molar refractivity (Wildman–Crippen MR) is 51.9 cm³/mol. The number of nitrogens with zero attached hydrogens (tertiary/aromatic N) is 2. The van der Waals surface area contributed by atoms with Crippen molar-refractivity contribution in [2.24, 2.45) is 5.84 Å². The first-order chi connectivity index (χ1) is 8.15. The van der Waals surface area contributed by atoms with Crippen LogP contribution in [0.15, 0.2) is 18.5 Å². The molecule has 5 nitrogen and oxygen atoms in total. The van der Waals surface area contributed by atoms with Gasteiger partial charge in [-0.2, -0.15) is 5.10 Å². The molecule has 1 aromatic heterocycles. The van der Waals surface area contributed by atoms with Crippen LogP contribution in [0.3, 0.4) is 0 Å². The molecule has 0 saturated carbocycles. The smallest absolute Gasteiger partial charge is 0.194 e. The average molecular weight is 243 g/mol. The van der Waals surface area contributed by atoms with Crippen molar-refractivity contribution in [2.75, 3.05) is 0 Å². The fraction of sp³-hybridized carbons (Fsp3) is 0.111. The van der Waals surface area contributed by atoms with Gasteiger partial charge in [0, 0.05) is 5.56 Å². The highest BCUT2D eigenvalue weighted by molar-refractivity contribution is 5.27. The highest BCUT2D eigenvalue weighted by Gasteiger charge is 2.23. The molecule has 0 aliphatic carbocycles. The minimum absolute atomic E-state index is 0.164. The Morgan fingerprint density at radius 2 is 2.00 bits per heavy atom. The summed E-state index contributed by atoms with van der Waals surface area (Å²) in [6.45, 7) is 0. The number of rotatable bonds is 3. The second-order valence-corrected chi connectivity index (χ2v) is 3.23. The summed E-state index contributed by atoms with van der Waals surface area (Å²) in [5, 5.41) is 6.03. The first kappa shape index (κ1) is 11.6. The van der Waals surface area contributed by atoms with Crippen LogP contribution >= 0.6 is 0 Å². The van der Waals surface area contributed by atoms with Crippen LogP contribution in [0.25, 0.3) is 0 Å². The molecule has 0 spiro atoms. The topological polar surface area (TPSA) is 79.6 Å². The molecule has 1 aromatic carbocycles. The maximum atomic E-state index is 13.5. The van der Waals surface area contributed by atoms with Crippen molar-refractivity contribution in [2.45, 2.75) is 6.04 Å². The first-order valence-corrected chi connectivity index (χ1v) is 4.60. The Bertz CT molecular complexity index is 514. The largest absolute Gasteiger partial charge is 0.270 e. The molecule has 0 amide bonds. The van der Waals surface area contributed by atoms with Gasteiger partial charge in [0.05, 0.1) is 0 Å². The van der Waals surface area contributed by atoms with E-state index in [2.05, 4.69) is 20.6 Å². The Morgan fingerprint density at radius 3 is 2.59 bits per heavy atom. The molecule has 4 N–H and O–H groups in total. The number of nitrogens with one attached hydrogen (secondary N) is 2. The van der Waals surface area contributed by atoms with Crippen LogP contribution < -0.4 is 11.3 Å². The van der Waals surface area contributed by atoms with E-state index < -0.39 is 23.5 Å². The first-order valence-electron chi connectivity index (χ1n) is 4.60. The molecule has 0 fully saturated rings. The van der Waals surface area contributed by atoms with Gasteiger partial charge in [0.25, 0.3) is 0 Å². The Labute approximate surface area is 93.8 Å². The van der Waals surface area contributed by atoms with Crippen molar-refractivity contribution in [1.29, 1.82) is 0 Å². The summed E-state index contributed by atoms with van der Waals surface area (Å²) >= 11 is 0. The van der Waals surface area contributed by atoms with Gasteiger partial charge in [0.15, 0.2) is 17.5 Å². The molecular formula is C9H8F3N5. The molecule has 17 heavy (non-hydrogen) atoms. The molecule has 8 heteroatoms. The van der Waals surface area contributed by atoms with Crippen molar-refractivity contribution >= 4 is 0 Å². The van der Waals surface area contributed by atoms with E-state index in [1.54, 1.807) is 0 Å². The number of H-pyrrole nitrogens is 1. The Kier molecular flexibility index (Phi) is 3.07. The number of halogens is 3. The number of aromatic amines is 1. The van der Waals surface area contributed by atoms with Crippen molar-refractivity contribution in [1.82, 2.24) is 20.6 Å². The number of hydrogen-bond acceptors (Lipinski definition) is 4. The van der Waals surface area contributed by atoms with E-state index in [0.29, 0.717) is 0 Å². The van der Waals surface area contributed by atoms with Crippen molar-refractivity contribution in [3.05, 3.63) is 47.3 Å². The lowest BCUT2D eigenvalue weighted by Crippen LogP contribution is -2.30. The zero-order valence-corrected chi connectivity index (χ0v) is 8.42. The van der Waals surface area contributed by atoms with Crippen molar-refractivity contribution in [3.63, 3.8) is 0 Å². The third kappa shape index (κ3) is 1.99.